The topological polar surface area (TPSA) is 69.6 Å². The average Bonchev–Trinajstić information content (AvgIpc) is 2.56. The monoisotopic (exact) mass is 191 g/mol. The van der Waals surface area contributed by atoms with E-state index in [-0.39, 0.29) is 0 Å². The normalized spacial score (nSPS) is 11.0. The summed E-state index contributed by atoms with van der Waals surface area (Å²) in [5, 5.41) is 5.25. The molecule has 2 aromatic heterocycles. The van der Waals surface area contributed by atoms with Crippen LogP contribution in [-0.2, 0) is 13.0 Å². The zero-order valence-electron chi connectivity index (χ0n) is 8.36. The highest BCUT2D eigenvalue weighted by atomic mass is 15.3. The third kappa shape index (κ3) is 1.13. The van der Waals surface area contributed by atoms with Crippen molar-refractivity contribution in [1.82, 2.24) is 19.7 Å². The second-order valence-electron chi connectivity index (χ2n) is 3.07. The fourth-order valence-corrected chi connectivity index (χ4v) is 1.67. The molecule has 0 saturated carbocycles. The standard InChI is InChI=1S/C9H13N5/c1-3-6-7-8(10)11-5-12-9(7)13-14(6)4-2/h5H,3-4H2,1-2H3,(H2,10,11,12,13). The molecule has 0 aliphatic heterocycles. The molecule has 0 spiro atoms. The van der Waals surface area contributed by atoms with Crippen LogP contribution in [0.1, 0.15) is 19.5 Å². The molecule has 0 bridgehead atoms. The van der Waals surface area contributed by atoms with Crippen molar-refractivity contribution in [2.45, 2.75) is 26.8 Å². The van der Waals surface area contributed by atoms with Crippen molar-refractivity contribution >= 4 is 16.9 Å². The number of nitrogens with zero attached hydrogens (tertiary/aromatic N) is 4. The molecule has 2 heterocycles. The number of aryl methyl sites for hydroxylation is 2. The van der Waals surface area contributed by atoms with E-state index in [9.17, 15) is 0 Å². The van der Waals surface area contributed by atoms with Crippen LogP contribution >= 0.6 is 0 Å². The van der Waals surface area contributed by atoms with Crippen molar-refractivity contribution in [3.63, 3.8) is 0 Å². The van der Waals surface area contributed by atoms with E-state index in [4.69, 9.17) is 5.73 Å². The Labute approximate surface area is 82.0 Å². The van der Waals surface area contributed by atoms with E-state index >= 15 is 0 Å². The van der Waals surface area contributed by atoms with Crippen molar-refractivity contribution < 1.29 is 0 Å². The lowest BCUT2D eigenvalue weighted by Gasteiger charge is -2.01. The first kappa shape index (κ1) is 8.93. The van der Waals surface area contributed by atoms with Gasteiger partial charge >= 0.3 is 0 Å². The number of hydrogen-bond acceptors (Lipinski definition) is 4. The lowest BCUT2D eigenvalue weighted by atomic mass is 10.2. The molecule has 5 nitrogen and oxygen atoms in total. The van der Waals surface area contributed by atoms with Crippen molar-refractivity contribution in [3.8, 4) is 0 Å². The summed E-state index contributed by atoms with van der Waals surface area (Å²) in [6.07, 6.45) is 2.34. The summed E-state index contributed by atoms with van der Waals surface area (Å²) in [5.41, 5.74) is 7.60. The highest BCUT2D eigenvalue weighted by molar-refractivity contribution is 5.87. The lowest BCUT2D eigenvalue weighted by molar-refractivity contribution is 0.632. The molecule has 0 fully saturated rings. The van der Waals surface area contributed by atoms with Crippen molar-refractivity contribution in [2.75, 3.05) is 5.73 Å². The molecule has 0 aromatic carbocycles. The summed E-state index contributed by atoms with van der Waals surface area (Å²) in [4.78, 5) is 8.07. The molecule has 74 valence electrons. The van der Waals surface area contributed by atoms with Crippen LogP contribution in [0.25, 0.3) is 11.0 Å². The minimum atomic E-state index is 0.520. The highest BCUT2D eigenvalue weighted by Crippen LogP contribution is 2.21. The van der Waals surface area contributed by atoms with Gasteiger partial charge in [0.2, 0.25) is 0 Å². The molecule has 2 aromatic rings. The van der Waals surface area contributed by atoms with Crippen LogP contribution in [0.15, 0.2) is 6.33 Å². The summed E-state index contributed by atoms with van der Waals surface area (Å²) in [6, 6.07) is 0. The fraction of sp³-hybridized carbons (Fsp3) is 0.444. The van der Waals surface area contributed by atoms with E-state index in [1.807, 2.05) is 4.68 Å². The maximum absolute atomic E-state index is 5.80. The number of fused-ring (bicyclic) bond motifs is 1. The van der Waals surface area contributed by atoms with Crippen LogP contribution in [0.3, 0.4) is 0 Å². The van der Waals surface area contributed by atoms with Gasteiger partial charge in [-0.25, -0.2) is 9.97 Å². The Morgan fingerprint density at radius 2 is 2.14 bits per heavy atom. The molecule has 0 amide bonds. The number of anilines is 1. The molecule has 14 heavy (non-hydrogen) atoms. The van der Waals surface area contributed by atoms with Crippen LogP contribution in [0.4, 0.5) is 5.82 Å². The maximum Gasteiger partial charge on any atom is 0.186 e. The third-order valence-corrected chi connectivity index (χ3v) is 2.31. The maximum atomic E-state index is 5.80. The molecule has 0 radical (unpaired) electrons. The fourth-order valence-electron chi connectivity index (χ4n) is 1.67. The molecule has 0 saturated heterocycles. The van der Waals surface area contributed by atoms with Gasteiger partial charge in [-0.3, -0.25) is 4.68 Å². The summed E-state index contributed by atoms with van der Waals surface area (Å²) in [7, 11) is 0. The molecular formula is C9H13N5. The number of aromatic nitrogens is 4. The summed E-state index contributed by atoms with van der Waals surface area (Å²) in [5.74, 6) is 0.520. The average molecular weight is 191 g/mol. The molecule has 0 aliphatic rings. The first-order valence-corrected chi connectivity index (χ1v) is 4.73. The quantitative estimate of drug-likeness (QED) is 0.768. The predicted molar refractivity (Wildman–Crippen MR) is 54.8 cm³/mol. The molecule has 0 unspecified atom stereocenters. The molecular weight excluding hydrogens is 178 g/mol. The second-order valence-corrected chi connectivity index (χ2v) is 3.07. The zero-order valence-corrected chi connectivity index (χ0v) is 8.36. The van der Waals surface area contributed by atoms with Gasteiger partial charge in [0.1, 0.15) is 12.1 Å². The van der Waals surface area contributed by atoms with Crippen molar-refractivity contribution in [3.05, 3.63) is 12.0 Å². The Balaban J connectivity index is 2.81. The van der Waals surface area contributed by atoms with Crippen LogP contribution in [-0.4, -0.2) is 19.7 Å². The Morgan fingerprint density at radius 1 is 1.36 bits per heavy atom. The smallest absolute Gasteiger partial charge is 0.186 e. The Hall–Kier alpha value is -1.65. The van der Waals surface area contributed by atoms with Gasteiger partial charge in [0.05, 0.1) is 11.1 Å². The van der Waals surface area contributed by atoms with E-state index in [1.54, 1.807) is 0 Å². The predicted octanol–water partition coefficient (Wildman–Crippen LogP) is 0.991. The van der Waals surface area contributed by atoms with Gasteiger partial charge in [-0.05, 0) is 13.3 Å². The zero-order chi connectivity index (χ0) is 10.1. The van der Waals surface area contributed by atoms with E-state index < -0.39 is 0 Å². The van der Waals surface area contributed by atoms with E-state index in [0.29, 0.717) is 11.5 Å². The summed E-state index contributed by atoms with van der Waals surface area (Å²) in [6.45, 7) is 4.96. The van der Waals surface area contributed by atoms with E-state index in [2.05, 4.69) is 28.9 Å². The van der Waals surface area contributed by atoms with E-state index in [0.717, 1.165) is 24.0 Å². The minimum Gasteiger partial charge on any atom is -0.383 e. The van der Waals surface area contributed by atoms with Crippen LogP contribution in [0, 0.1) is 0 Å². The Bertz CT molecular complexity index is 459. The van der Waals surface area contributed by atoms with Gasteiger partial charge in [0.25, 0.3) is 0 Å². The summed E-state index contributed by atoms with van der Waals surface area (Å²) >= 11 is 0. The van der Waals surface area contributed by atoms with Gasteiger partial charge in [-0.15, -0.1) is 0 Å². The molecule has 0 atom stereocenters. The van der Waals surface area contributed by atoms with Crippen LogP contribution < -0.4 is 5.73 Å². The van der Waals surface area contributed by atoms with Crippen LogP contribution in [0.2, 0.25) is 0 Å². The molecule has 5 heteroatoms. The number of hydrogen-bond donors (Lipinski definition) is 1. The lowest BCUT2D eigenvalue weighted by Crippen LogP contribution is -2.01. The van der Waals surface area contributed by atoms with Crippen LogP contribution in [0.5, 0.6) is 0 Å². The molecule has 2 rings (SSSR count). The van der Waals surface area contributed by atoms with Gasteiger partial charge in [0, 0.05) is 6.54 Å². The molecule has 2 N–H and O–H groups in total. The van der Waals surface area contributed by atoms with Gasteiger partial charge in [-0.2, -0.15) is 5.10 Å². The van der Waals surface area contributed by atoms with E-state index in [1.165, 1.54) is 6.33 Å². The number of nitrogens with two attached hydrogens (primary N) is 1. The SMILES string of the molecule is CCc1c2c(N)ncnc2nn1CC. The van der Waals surface area contributed by atoms with Crippen molar-refractivity contribution in [1.29, 1.82) is 0 Å². The number of rotatable bonds is 2. The first-order chi connectivity index (χ1) is 6.77. The van der Waals surface area contributed by atoms with Crippen molar-refractivity contribution in [2.24, 2.45) is 0 Å². The Kier molecular flexibility index (Phi) is 2.07. The van der Waals surface area contributed by atoms with Gasteiger partial charge < -0.3 is 5.73 Å². The third-order valence-electron chi connectivity index (χ3n) is 2.31. The minimum absolute atomic E-state index is 0.520. The second kappa shape index (κ2) is 3.25. The highest BCUT2D eigenvalue weighted by Gasteiger charge is 2.12. The Morgan fingerprint density at radius 3 is 2.79 bits per heavy atom. The molecule has 0 aliphatic carbocycles. The first-order valence-electron chi connectivity index (χ1n) is 4.73. The van der Waals surface area contributed by atoms with Gasteiger partial charge in [0.15, 0.2) is 5.65 Å². The number of nitrogen functional groups attached to an aromatic ring is 1. The largest absolute Gasteiger partial charge is 0.383 e. The summed E-state index contributed by atoms with van der Waals surface area (Å²) < 4.78 is 1.93. The van der Waals surface area contributed by atoms with Gasteiger partial charge in [-0.1, -0.05) is 6.92 Å².